The molecule has 2 aliphatic heterocycles. The number of hydrogen-bond donors (Lipinski definition) is 2. The standard InChI is InChI=1S/C12H23N3O2/c13-10(7-12(16)17)8-14-5-6-15-4-2-1-3-11(15)9-14/h10-11H,1-9,13H2,(H,16,17). The van der Waals surface area contributed by atoms with Crippen LogP contribution in [-0.2, 0) is 4.79 Å². The normalized spacial score (nSPS) is 28.6. The fraction of sp³-hybridized carbons (Fsp3) is 0.917. The zero-order valence-corrected chi connectivity index (χ0v) is 10.3. The SMILES string of the molecule is NC(CC(=O)O)CN1CCN2CCCCC2C1. The van der Waals surface area contributed by atoms with Crippen LogP contribution in [0.3, 0.4) is 0 Å². The number of carboxylic acid groups (broad SMARTS) is 1. The fourth-order valence-electron chi connectivity index (χ4n) is 3.01. The lowest BCUT2D eigenvalue weighted by Crippen LogP contribution is -2.56. The minimum atomic E-state index is -0.797. The van der Waals surface area contributed by atoms with Crippen LogP contribution in [0, 0.1) is 0 Å². The lowest BCUT2D eigenvalue weighted by molar-refractivity contribution is -0.137. The number of carbonyl (C=O) groups is 1. The first-order valence-corrected chi connectivity index (χ1v) is 6.59. The molecule has 0 spiro atoms. The molecule has 0 radical (unpaired) electrons. The van der Waals surface area contributed by atoms with Crippen LogP contribution in [0.15, 0.2) is 0 Å². The zero-order chi connectivity index (χ0) is 12.3. The fourth-order valence-corrected chi connectivity index (χ4v) is 3.01. The van der Waals surface area contributed by atoms with Gasteiger partial charge in [-0.15, -0.1) is 0 Å². The molecule has 0 aromatic rings. The molecule has 2 heterocycles. The first kappa shape index (κ1) is 12.8. The maximum atomic E-state index is 10.6. The van der Waals surface area contributed by atoms with Crippen molar-refractivity contribution in [3.63, 3.8) is 0 Å². The van der Waals surface area contributed by atoms with Gasteiger partial charge in [-0.2, -0.15) is 0 Å². The highest BCUT2D eigenvalue weighted by atomic mass is 16.4. The van der Waals surface area contributed by atoms with E-state index < -0.39 is 5.97 Å². The third-order valence-electron chi connectivity index (χ3n) is 3.85. The van der Waals surface area contributed by atoms with E-state index in [4.69, 9.17) is 10.8 Å². The van der Waals surface area contributed by atoms with Crippen molar-refractivity contribution in [3.05, 3.63) is 0 Å². The first-order chi connectivity index (χ1) is 8.15. The smallest absolute Gasteiger partial charge is 0.304 e. The molecule has 98 valence electrons. The number of nitrogens with two attached hydrogens (primary N) is 1. The highest BCUT2D eigenvalue weighted by molar-refractivity contribution is 5.67. The van der Waals surface area contributed by atoms with Crippen molar-refractivity contribution >= 4 is 5.97 Å². The quantitative estimate of drug-likeness (QED) is 0.722. The Morgan fingerprint density at radius 1 is 1.35 bits per heavy atom. The van der Waals surface area contributed by atoms with Gasteiger partial charge in [0, 0.05) is 38.3 Å². The van der Waals surface area contributed by atoms with Gasteiger partial charge in [0.2, 0.25) is 0 Å². The second kappa shape index (κ2) is 5.80. The van der Waals surface area contributed by atoms with Crippen LogP contribution in [0.2, 0.25) is 0 Å². The van der Waals surface area contributed by atoms with Crippen LogP contribution in [0.25, 0.3) is 0 Å². The molecule has 5 nitrogen and oxygen atoms in total. The monoisotopic (exact) mass is 241 g/mol. The predicted octanol–water partition coefficient (Wildman–Crippen LogP) is -0.0415. The largest absolute Gasteiger partial charge is 0.481 e. The molecule has 2 unspecified atom stereocenters. The summed E-state index contributed by atoms with van der Waals surface area (Å²) in [5, 5.41) is 8.69. The van der Waals surface area contributed by atoms with E-state index in [1.807, 2.05) is 0 Å². The van der Waals surface area contributed by atoms with Crippen molar-refractivity contribution in [3.8, 4) is 0 Å². The molecule has 0 aliphatic carbocycles. The van der Waals surface area contributed by atoms with Crippen molar-refractivity contribution in [2.24, 2.45) is 5.73 Å². The topological polar surface area (TPSA) is 69.8 Å². The molecule has 3 N–H and O–H groups in total. The van der Waals surface area contributed by atoms with Crippen LogP contribution in [0.5, 0.6) is 0 Å². The number of nitrogens with zero attached hydrogens (tertiary/aromatic N) is 2. The van der Waals surface area contributed by atoms with Gasteiger partial charge in [-0.1, -0.05) is 6.42 Å². The summed E-state index contributed by atoms with van der Waals surface area (Å²) in [5.41, 5.74) is 5.84. The minimum absolute atomic E-state index is 0.0743. The Labute approximate surface area is 103 Å². The average molecular weight is 241 g/mol. The van der Waals surface area contributed by atoms with Gasteiger partial charge in [0.25, 0.3) is 0 Å². The average Bonchev–Trinajstić information content (AvgIpc) is 2.27. The van der Waals surface area contributed by atoms with E-state index in [1.165, 1.54) is 25.8 Å². The van der Waals surface area contributed by atoms with Gasteiger partial charge in [-0.25, -0.2) is 0 Å². The van der Waals surface area contributed by atoms with Crippen molar-refractivity contribution < 1.29 is 9.90 Å². The summed E-state index contributed by atoms with van der Waals surface area (Å²) in [5.74, 6) is -0.797. The van der Waals surface area contributed by atoms with E-state index in [0.29, 0.717) is 6.04 Å². The highest BCUT2D eigenvalue weighted by Gasteiger charge is 2.29. The summed E-state index contributed by atoms with van der Waals surface area (Å²) in [4.78, 5) is 15.5. The molecule has 0 bridgehead atoms. The number of hydrogen-bond acceptors (Lipinski definition) is 4. The minimum Gasteiger partial charge on any atom is -0.481 e. The van der Waals surface area contributed by atoms with Crippen molar-refractivity contribution in [1.29, 1.82) is 0 Å². The van der Waals surface area contributed by atoms with Gasteiger partial charge in [0.15, 0.2) is 0 Å². The van der Waals surface area contributed by atoms with Gasteiger partial charge in [-0.3, -0.25) is 14.6 Å². The molecule has 5 heteroatoms. The number of rotatable bonds is 4. The van der Waals surface area contributed by atoms with Crippen LogP contribution in [0.4, 0.5) is 0 Å². The van der Waals surface area contributed by atoms with E-state index in [-0.39, 0.29) is 12.5 Å². The third-order valence-corrected chi connectivity index (χ3v) is 3.85. The lowest BCUT2D eigenvalue weighted by Gasteiger charge is -2.44. The maximum absolute atomic E-state index is 10.6. The Morgan fingerprint density at radius 2 is 2.18 bits per heavy atom. The molecule has 0 saturated carbocycles. The van der Waals surface area contributed by atoms with E-state index in [0.717, 1.165) is 26.2 Å². The summed E-state index contributed by atoms with van der Waals surface area (Å²) in [7, 11) is 0. The van der Waals surface area contributed by atoms with Crippen molar-refractivity contribution in [2.45, 2.75) is 37.8 Å². The predicted molar refractivity (Wildman–Crippen MR) is 65.9 cm³/mol. The molecule has 17 heavy (non-hydrogen) atoms. The Bertz CT molecular complexity index is 272. The van der Waals surface area contributed by atoms with Crippen LogP contribution < -0.4 is 5.73 Å². The van der Waals surface area contributed by atoms with Gasteiger partial charge < -0.3 is 10.8 Å². The number of piperazine rings is 1. The van der Waals surface area contributed by atoms with Crippen molar-refractivity contribution in [2.75, 3.05) is 32.7 Å². The van der Waals surface area contributed by atoms with Gasteiger partial charge in [0.1, 0.15) is 0 Å². The molecule has 2 atom stereocenters. The second-order valence-corrected chi connectivity index (χ2v) is 5.30. The molecule has 0 aromatic carbocycles. The summed E-state index contributed by atoms with van der Waals surface area (Å²) in [6, 6.07) is 0.442. The lowest BCUT2D eigenvalue weighted by atomic mass is 9.99. The third kappa shape index (κ3) is 3.66. The van der Waals surface area contributed by atoms with Crippen LogP contribution >= 0.6 is 0 Å². The Kier molecular flexibility index (Phi) is 4.36. The summed E-state index contributed by atoms with van der Waals surface area (Å²) in [6.07, 6.45) is 4.01. The first-order valence-electron chi connectivity index (χ1n) is 6.59. The van der Waals surface area contributed by atoms with Crippen LogP contribution in [0.1, 0.15) is 25.7 Å². The summed E-state index contributed by atoms with van der Waals surface area (Å²) >= 11 is 0. The molecule has 2 aliphatic rings. The molecule has 2 saturated heterocycles. The number of fused-ring (bicyclic) bond motifs is 1. The molecule has 0 amide bonds. The second-order valence-electron chi connectivity index (χ2n) is 5.30. The van der Waals surface area contributed by atoms with E-state index in [2.05, 4.69) is 9.80 Å². The van der Waals surface area contributed by atoms with E-state index >= 15 is 0 Å². The van der Waals surface area contributed by atoms with Gasteiger partial charge in [0.05, 0.1) is 6.42 Å². The molecule has 2 rings (SSSR count). The Hall–Kier alpha value is -0.650. The zero-order valence-electron chi connectivity index (χ0n) is 10.3. The Balaban J connectivity index is 1.77. The molecular weight excluding hydrogens is 218 g/mol. The summed E-state index contributed by atoms with van der Waals surface area (Å²) < 4.78 is 0. The number of aliphatic carboxylic acids is 1. The number of carboxylic acids is 1. The van der Waals surface area contributed by atoms with E-state index in [1.54, 1.807) is 0 Å². The highest BCUT2D eigenvalue weighted by Crippen LogP contribution is 2.21. The van der Waals surface area contributed by atoms with Gasteiger partial charge in [-0.05, 0) is 19.4 Å². The summed E-state index contributed by atoms with van der Waals surface area (Å²) in [6.45, 7) is 5.16. The van der Waals surface area contributed by atoms with Crippen molar-refractivity contribution in [1.82, 2.24) is 9.80 Å². The van der Waals surface area contributed by atoms with Crippen LogP contribution in [-0.4, -0.2) is 65.7 Å². The molecule has 0 aromatic heterocycles. The molecule has 2 fully saturated rings. The Morgan fingerprint density at radius 3 is 2.94 bits per heavy atom. The molecular formula is C12H23N3O2. The van der Waals surface area contributed by atoms with E-state index in [9.17, 15) is 4.79 Å². The number of piperidine rings is 1. The maximum Gasteiger partial charge on any atom is 0.304 e. The van der Waals surface area contributed by atoms with Gasteiger partial charge >= 0.3 is 5.97 Å².